The lowest BCUT2D eigenvalue weighted by molar-refractivity contribution is -0.671. The van der Waals surface area contributed by atoms with Crippen LogP contribution in [0.25, 0.3) is 12.2 Å². The third-order valence-corrected chi connectivity index (χ3v) is 2.55. The van der Waals surface area contributed by atoms with Crippen LogP contribution in [0, 0.1) is 0 Å². The summed E-state index contributed by atoms with van der Waals surface area (Å²) in [5.74, 6) is 0. The number of pyridine rings is 1. The molecular weight excluding hydrogens is 234 g/mol. The third kappa shape index (κ3) is 4.72. The van der Waals surface area contributed by atoms with Gasteiger partial charge in [-0.3, -0.25) is 4.79 Å². The van der Waals surface area contributed by atoms with Gasteiger partial charge in [-0.05, 0) is 11.1 Å². The monoisotopic (exact) mass is 252 g/mol. The minimum Gasteiger partial charge on any atom is -0.298 e. The van der Waals surface area contributed by atoms with Gasteiger partial charge in [0.25, 0.3) is 0 Å². The van der Waals surface area contributed by atoms with Crippen LogP contribution in [0.2, 0.25) is 0 Å². The van der Waals surface area contributed by atoms with E-state index in [2.05, 4.69) is 31.4 Å². The largest absolute Gasteiger partial charge is 0.298 e. The van der Waals surface area contributed by atoms with Gasteiger partial charge in [0.2, 0.25) is 0 Å². The van der Waals surface area contributed by atoms with Crippen molar-refractivity contribution >= 4 is 18.4 Å². The summed E-state index contributed by atoms with van der Waals surface area (Å²) in [5.41, 5.74) is 2.94. The van der Waals surface area contributed by atoms with Crippen LogP contribution >= 0.6 is 0 Å². The number of aromatic nitrogens is 1. The zero-order chi connectivity index (χ0) is 14.1. The summed E-state index contributed by atoms with van der Waals surface area (Å²) in [6.07, 6.45) is 8.95. The molecule has 2 nitrogen and oxygen atoms in total. The van der Waals surface area contributed by atoms with Gasteiger partial charge in [0, 0.05) is 17.7 Å². The van der Waals surface area contributed by atoms with Gasteiger partial charge in [0.05, 0.1) is 0 Å². The van der Waals surface area contributed by atoms with Gasteiger partial charge >= 0.3 is 0 Å². The number of benzene rings is 1. The van der Waals surface area contributed by atoms with Gasteiger partial charge in [0.1, 0.15) is 13.3 Å². The number of aldehydes is 1. The molecule has 0 bridgehead atoms. The average Bonchev–Trinajstić information content (AvgIpc) is 2.49. The van der Waals surface area contributed by atoms with E-state index < -0.39 is 0 Å². The van der Waals surface area contributed by atoms with E-state index in [0.717, 1.165) is 17.4 Å². The van der Waals surface area contributed by atoms with Crippen molar-refractivity contribution in [3.05, 3.63) is 78.6 Å². The Morgan fingerprint density at radius 1 is 0.842 bits per heavy atom. The van der Waals surface area contributed by atoms with Crippen LogP contribution < -0.4 is 4.57 Å². The van der Waals surface area contributed by atoms with E-state index in [0.29, 0.717) is 5.56 Å². The number of hydrogen-bond acceptors (Lipinski definition) is 1. The molecule has 2 rings (SSSR count). The second kappa shape index (κ2) is 7.77. The minimum atomic E-state index is 0.703. The molecule has 0 N–H and O–H groups in total. The molecule has 0 aliphatic heterocycles. The number of carbonyl (C=O) groups is 1. The second-order valence-electron chi connectivity index (χ2n) is 3.91. The standard InChI is InChI=1S/C15H14NO.C2H4/c1-16-10-8-14(9-11-16)3-2-13-4-6-15(12-17)7-5-13;1-2/h2-12H,1H3;1-2H2/q+1;/b3-2+;. The minimum absolute atomic E-state index is 0.703. The van der Waals surface area contributed by atoms with Crippen LogP contribution in [0.4, 0.5) is 0 Å². The van der Waals surface area contributed by atoms with Crippen LogP contribution in [0.15, 0.2) is 61.9 Å². The van der Waals surface area contributed by atoms with Gasteiger partial charge in [0.15, 0.2) is 12.4 Å². The molecule has 19 heavy (non-hydrogen) atoms. The van der Waals surface area contributed by atoms with Gasteiger partial charge in [-0.25, -0.2) is 4.57 Å². The molecule has 2 aromatic rings. The summed E-state index contributed by atoms with van der Waals surface area (Å²) < 4.78 is 2.00. The van der Waals surface area contributed by atoms with Crippen molar-refractivity contribution in [2.24, 2.45) is 7.05 Å². The number of nitrogens with zero attached hydrogens (tertiary/aromatic N) is 1. The van der Waals surface area contributed by atoms with Crippen molar-refractivity contribution in [2.45, 2.75) is 0 Å². The second-order valence-corrected chi connectivity index (χ2v) is 3.91. The third-order valence-electron chi connectivity index (χ3n) is 2.55. The summed E-state index contributed by atoms with van der Waals surface area (Å²) in [5, 5.41) is 0. The van der Waals surface area contributed by atoms with Gasteiger partial charge in [-0.15, -0.1) is 13.2 Å². The first-order valence-electron chi connectivity index (χ1n) is 5.96. The molecule has 96 valence electrons. The highest BCUT2D eigenvalue weighted by atomic mass is 16.1. The quantitative estimate of drug-likeness (QED) is 0.466. The number of rotatable bonds is 3. The molecule has 0 saturated carbocycles. The van der Waals surface area contributed by atoms with E-state index in [1.807, 2.05) is 54.3 Å². The molecule has 0 aliphatic rings. The molecule has 0 aliphatic carbocycles. The number of hydrogen-bond donors (Lipinski definition) is 0. The maximum atomic E-state index is 10.5. The Labute approximate surface area is 114 Å². The molecular formula is C17H18NO+. The summed E-state index contributed by atoms with van der Waals surface area (Å²) in [6.45, 7) is 6.00. The fraction of sp³-hybridized carbons (Fsp3) is 0.0588. The van der Waals surface area contributed by atoms with Gasteiger partial charge < -0.3 is 0 Å². The summed E-state index contributed by atoms with van der Waals surface area (Å²) in [7, 11) is 1.99. The molecule has 0 amide bonds. The smallest absolute Gasteiger partial charge is 0.169 e. The molecule has 0 radical (unpaired) electrons. The Morgan fingerprint density at radius 3 is 1.74 bits per heavy atom. The fourth-order valence-corrected chi connectivity index (χ4v) is 1.50. The molecule has 0 fully saturated rings. The van der Waals surface area contributed by atoms with Crippen LogP contribution in [-0.4, -0.2) is 6.29 Å². The van der Waals surface area contributed by atoms with E-state index in [9.17, 15) is 4.79 Å². The summed E-state index contributed by atoms with van der Waals surface area (Å²) >= 11 is 0. The molecule has 1 aromatic heterocycles. The molecule has 0 unspecified atom stereocenters. The number of aryl methyl sites for hydroxylation is 1. The molecule has 1 aromatic carbocycles. The zero-order valence-electron chi connectivity index (χ0n) is 11.1. The average molecular weight is 252 g/mol. The lowest BCUT2D eigenvalue weighted by atomic mass is 10.1. The Morgan fingerprint density at radius 2 is 1.26 bits per heavy atom. The van der Waals surface area contributed by atoms with Crippen molar-refractivity contribution in [3.8, 4) is 0 Å². The lowest BCUT2D eigenvalue weighted by Gasteiger charge is -1.94. The highest BCUT2D eigenvalue weighted by molar-refractivity contribution is 5.76. The molecule has 0 atom stereocenters. The first-order chi connectivity index (χ1) is 9.28. The Hall–Kier alpha value is -2.48. The molecule has 1 heterocycles. The number of carbonyl (C=O) groups excluding carboxylic acids is 1. The topological polar surface area (TPSA) is 20.9 Å². The van der Waals surface area contributed by atoms with Crippen molar-refractivity contribution in [1.82, 2.24) is 0 Å². The molecule has 0 saturated heterocycles. The SMILES string of the molecule is C=C.C[n+]1ccc(/C=C/c2ccc(C=O)cc2)cc1. The van der Waals surface area contributed by atoms with E-state index in [1.165, 1.54) is 0 Å². The molecule has 0 spiro atoms. The van der Waals surface area contributed by atoms with Crippen molar-refractivity contribution in [1.29, 1.82) is 0 Å². The maximum Gasteiger partial charge on any atom is 0.169 e. The van der Waals surface area contributed by atoms with Gasteiger partial charge in [-0.2, -0.15) is 0 Å². The van der Waals surface area contributed by atoms with E-state index in [1.54, 1.807) is 0 Å². The fourth-order valence-electron chi connectivity index (χ4n) is 1.50. The van der Waals surface area contributed by atoms with Crippen molar-refractivity contribution in [3.63, 3.8) is 0 Å². The lowest BCUT2D eigenvalue weighted by Crippen LogP contribution is -2.25. The predicted octanol–water partition coefficient (Wildman–Crippen LogP) is 3.30. The molecule has 2 heteroatoms. The first kappa shape index (κ1) is 14.6. The summed E-state index contributed by atoms with van der Waals surface area (Å²) in [4.78, 5) is 10.5. The van der Waals surface area contributed by atoms with Crippen LogP contribution in [0.5, 0.6) is 0 Å². The highest BCUT2D eigenvalue weighted by Gasteiger charge is 1.92. The van der Waals surface area contributed by atoms with Crippen LogP contribution in [0.1, 0.15) is 21.5 Å². The van der Waals surface area contributed by atoms with Crippen molar-refractivity contribution in [2.75, 3.05) is 0 Å². The Bertz CT molecular complexity index is 538. The Kier molecular flexibility index (Phi) is 5.96. The first-order valence-corrected chi connectivity index (χ1v) is 5.96. The Balaban J connectivity index is 0.000000861. The maximum absolute atomic E-state index is 10.5. The van der Waals surface area contributed by atoms with Crippen LogP contribution in [0.3, 0.4) is 0 Å². The van der Waals surface area contributed by atoms with Gasteiger partial charge in [-0.1, -0.05) is 36.4 Å². The van der Waals surface area contributed by atoms with E-state index >= 15 is 0 Å². The highest BCUT2D eigenvalue weighted by Crippen LogP contribution is 2.08. The van der Waals surface area contributed by atoms with Crippen molar-refractivity contribution < 1.29 is 9.36 Å². The van der Waals surface area contributed by atoms with E-state index in [4.69, 9.17) is 0 Å². The normalized spacial score (nSPS) is 9.74. The van der Waals surface area contributed by atoms with E-state index in [-0.39, 0.29) is 0 Å². The zero-order valence-corrected chi connectivity index (χ0v) is 11.1. The van der Waals surface area contributed by atoms with Crippen LogP contribution in [-0.2, 0) is 7.05 Å². The predicted molar refractivity (Wildman–Crippen MR) is 79.6 cm³/mol. The summed E-state index contributed by atoms with van der Waals surface area (Å²) in [6, 6.07) is 11.6.